The lowest BCUT2D eigenvalue weighted by Gasteiger charge is -2.27. The van der Waals surface area contributed by atoms with Crippen molar-refractivity contribution in [3.63, 3.8) is 0 Å². The fourth-order valence-electron chi connectivity index (χ4n) is 3.74. The summed E-state index contributed by atoms with van der Waals surface area (Å²) in [6.07, 6.45) is 0. The molecular formula is C22H21N5O5. The van der Waals surface area contributed by atoms with Gasteiger partial charge in [0.15, 0.2) is 5.82 Å². The summed E-state index contributed by atoms with van der Waals surface area (Å²) in [6.45, 7) is 3.57. The normalized spacial score (nSPS) is 15.0. The maximum atomic E-state index is 12.9. The molecule has 2 aromatic carbocycles. The molecule has 164 valence electrons. The Kier molecular flexibility index (Phi) is 5.59. The van der Waals surface area contributed by atoms with Crippen LogP contribution in [0.25, 0.3) is 11.4 Å². The van der Waals surface area contributed by atoms with Crippen LogP contribution in [0.15, 0.2) is 59.8 Å². The quantitative estimate of drug-likeness (QED) is 0.353. The van der Waals surface area contributed by atoms with Crippen LogP contribution in [0.2, 0.25) is 0 Å². The van der Waals surface area contributed by atoms with Gasteiger partial charge in [-0.25, -0.2) is 9.48 Å². The summed E-state index contributed by atoms with van der Waals surface area (Å²) in [5.74, 6) is 0.694. The fraction of sp³-hybridized carbons (Fsp3) is 0.227. The number of nitro benzene ring substituents is 1. The van der Waals surface area contributed by atoms with E-state index >= 15 is 0 Å². The Hall–Kier alpha value is -4.21. The molecule has 4 rings (SSSR count). The number of para-hydroxylation sites is 2. The molecule has 0 fully saturated rings. The largest absolute Gasteiger partial charge is 0.496 e. The number of nitro groups is 1. The molecule has 1 aliphatic heterocycles. The van der Waals surface area contributed by atoms with E-state index in [4.69, 9.17) is 9.47 Å². The number of hydrogen-bond donors (Lipinski definition) is 1. The molecule has 2 heterocycles. The minimum atomic E-state index is -0.900. The first-order valence-electron chi connectivity index (χ1n) is 9.94. The van der Waals surface area contributed by atoms with Gasteiger partial charge < -0.3 is 14.8 Å². The number of aromatic nitrogens is 3. The Morgan fingerprint density at radius 3 is 2.66 bits per heavy atom. The highest BCUT2D eigenvalue weighted by atomic mass is 16.6. The van der Waals surface area contributed by atoms with Gasteiger partial charge >= 0.3 is 5.97 Å². The number of allylic oxidation sites excluding steroid dienone is 1. The van der Waals surface area contributed by atoms with Gasteiger partial charge in [0, 0.05) is 11.8 Å². The zero-order chi connectivity index (χ0) is 22.8. The number of ether oxygens (including phenoxy) is 2. The molecule has 0 spiro atoms. The monoisotopic (exact) mass is 435 g/mol. The van der Waals surface area contributed by atoms with Crippen molar-refractivity contribution in [2.24, 2.45) is 0 Å². The molecule has 0 radical (unpaired) electrons. The summed E-state index contributed by atoms with van der Waals surface area (Å²) >= 11 is 0. The SMILES string of the molecule is CCOC(=O)C1=C(C)Nc2nc(-c3ccccc3OC)nn2C1c1ccccc1[N+](=O)[O-]. The lowest BCUT2D eigenvalue weighted by atomic mass is 9.94. The molecule has 10 heteroatoms. The second-order valence-corrected chi connectivity index (χ2v) is 7.01. The number of nitrogens with zero attached hydrogens (tertiary/aromatic N) is 4. The minimum absolute atomic E-state index is 0.130. The number of hydrogen-bond acceptors (Lipinski definition) is 8. The zero-order valence-corrected chi connectivity index (χ0v) is 17.7. The average Bonchev–Trinajstić information content (AvgIpc) is 3.21. The highest BCUT2D eigenvalue weighted by molar-refractivity contribution is 5.92. The standard InChI is InChI=1S/C22H21N5O5/c1-4-32-21(28)18-13(2)23-22-24-20(15-10-6-8-12-17(15)31-3)25-26(22)19(18)14-9-5-7-11-16(14)27(29)30/h5-12,19H,4H2,1-3H3,(H,23,24,25). The highest BCUT2D eigenvalue weighted by Crippen LogP contribution is 2.40. The molecular weight excluding hydrogens is 414 g/mol. The van der Waals surface area contributed by atoms with E-state index < -0.39 is 16.9 Å². The van der Waals surface area contributed by atoms with Crippen LogP contribution in [-0.2, 0) is 9.53 Å². The first-order chi connectivity index (χ1) is 15.5. The molecule has 1 unspecified atom stereocenters. The van der Waals surface area contributed by atoms with E-state index in [1.807, 2.05) is 18.2 Å². The van der Waals surface area contributed by atoms with Gasteiger partial charge in [0.25, 0.3) is 5.69 Å². The van der Waals surface area contributed by atoms with Crippen LogP contribution < -0.4 is 10.1 Å². The van der Waals surface area contributed by atoms with E-state index in [1.165, 1.54) is 10.7 Å². The number of rotatable bonds is 6. The molecule has 0 amide bonds. The zero-order valence-electron chi connectivity index (χ0n) is 17.7. The lowest BCUT2D eigenvalue weighted by molar-refractivity contribution is -0.385. The van der Waals surface area contributed by atoms with Gasteiger partial charge in [-0.05, 0) is 32.0 Å². The van der Waals surface area contributed by atoms with Crippen molar-refractivity contribution in [1.82, 2.24) is 14.8 Å². The number of benzene rings is 2. The third kappa shape index (κ3) is 3.55. The van der Waals surface area contributed by atoms with Gasteiger partial charge in [0.05, 0.1) is 35.3 Å². The maximum absolute atomic E-state index is 12.9. The Morgan fingerprint density at radius 1 is 1.22 bits per heavy atom. The predicted molar refractivity (Wildman–Crippen MR) is 116 cm³/mol. The number of carbonyl (C=O) groups excluding carboxylic acids is 1. The number of esters is 1. The van der Waals surface area contributed by atoms with E-state index in [1.54, 1.807) is 45.2 Å². The Morgan fingerprint density at radius 2 is 1.94 bits per heavy atom. The molecule has 0 bridgehead atoms. The van der Waals surface area contributed by atoms with E-state index in [9.17, 15) is 14.9 Å². The topological polar surface area (TPSA) is 121 Å². The number of anilines is 1. The summed E-state index contributed by atoms with van der Waals surface area (Å²) in [5, 5.41) is 19.5. The molecule has 1 aliphatic rings. The minimum Gasteiger partial charge on any atom is -0.496 e. The molecule has 1 aromatic heterocycles. The molecule has 0 saturated carbocycles. The second-order valence-electron chi connectivity index (χ2n) is 7.01. The van der Waals surface area contributed by atoms with Crippen LogP contribution in [0, 0.1) is 10.1 Å². The maximum Gasteiger partial charge on any atom is 0.338 e. The fourth-order valence-corrected chi connectivity index (χ4v) is 3.74. The van der Waals surface area contributed by atoms with Gasteiger partial charge in [-0.2, -0.15) is 4.98 Å². The van der Waals surface area contributed by atoms with Crippen molar-refractivity contribution in [2.45, 2.75) is 19.9 Å². The summed E-state index contributed by atoms with van der Waals surface area (Å²) in [5.41, 5.74) is 1.53. The first-order valence-corrected chi connectivity index (χ1v) is 9.94. The summed E-state index contributed by atoms with van der Waals surface area (Å²) in [6, 6.07) is 12.6. The Bertz CT molecular complexity index is 1230. The molecule has 10 nitrogen and oxygen atoms in total. The molecule has 32 heavy (non-hydrogen) atoms. The van der Waals surface area contributed by atoms with Crippen LogP contribution in [-0.4, -0.2) is 39.4 Å². The summed E-state index contributed by atoms with van der Waals surface area (Å²) in [4.78, 5) is 28.8. The van der Waals surface area contributed by atoms with Crippen LogP contribution in [0.1, 0.15) is 25.5 Å². The predicted octanol–water partition coefficient (Wildman–Crippen LogP) is 3.71. The van der Waals surface area contributed by atoms with Gasteiger partial charge in [-0.3, -0.25) is 10.1 Å². The van der Waals surface area contributed by atoms with Crippen LogP contribution in [0.4, 0.5) is 11.6 Å². The van der Waals surface area contributed by atoms with Crippen molar-refractivity contribution in [3.8, 4) is 17.1 Å². The van der Waals surface area contributed by atoms with Gasteiger partial charge in [-0.15, -0.1) is 5.10 Å². The number of nitrogens with one attached hydrogen (secondary N) is 1. The van der Waals surface area contributed by atoms with Crippen LogP contribution in [0.3, 0.4) is 0 Å². The Labute approximate surface area is 183 Å². The van der Waals surface area contributed by atoms with Gasteiger partial charge in [0.1, 0.15) is 11.8 Å². The van der Waals surface area contributed by atoms with Crippen molar-refractivity contribution in [3.05, 3.63) is 75.5 Å². The molecule has 3 aromatic rings. The molecule has 0 saturated heterocycles. The second kappa shape index (κ2) is 8.50. The lowest BCUT2D eigenvalue weighted by Crippen LogP contribution is -2.30. The summed E-state index contributed by atoms with van der Waals surface area (Å²) < 4.78 is 12.2. The van der Waals surface area contributed by atoms with E-state index in [2.05, 4.69) is 15.4 Å². The van der Waals surface area contributed by atoms with Crippen molar-refractivity contribution in [1.29, 1.82) is 0 Å². The third-order valence-electron chi connectivity index (χ3n) is 5.12. The number of carbonyl (C=O) groups is 1. The van der Waals surface area contributed by atoms with E-state index in [0.717, 1.165) is 0 Å². The third-order valence-corrected chi connectivity index (χ3v) is 5.12. The number of methoxy groups -OCH3 is 1. The Balaban J connectivity index is 1.94. The van der Waals surface area contributed by atoms with Crippen LogP contribution in [0.5, 0.6) is 5.75 Å². The van der Waals surface area contributed by atoms with Crippen molar-refractivity contribution >= 4 is 17.6 Å². The van der Waals surface area contributed by atoms with Crippen LogP contribution >= 0.6 is 0 Å². The molecule has 1 atom stereocenters. The molecule has 1 N–H and O–H groups in total. The van der Waals surface area contributed by atoms with E-state index in [-0.39, 0.29) is 17.9 Å². The molecule has 0 aliphatic carbocycles. The average molecular weight is 435 g/mol. The first kappa shape index (κ1) is 21.0. The van der Waals surface area contributed by atoms with Crippen molar-refractivity contribution in [2.75, 3.05) is 19.0 Å². The van der Waals surface area contributed by atoms with E-state index in [0.29, 0.717) is 34.3 Å². The summed E-state index contributed by atoms with van der Waals surface area (Å²) in [7, 11) is 1.55. The van der Waals surface area contributed by atoms with Gasteiger partial charge in [0.2, 0.25) is 5.95 Å². The highest BCUT2D eigenvalue weighted by Gasteiger charge is 2.38. The van der Waals surface area contributed by atoms with Crippen molar-refractivity contribution < 1.29 is 19.2 Å². The smallest absolute Gasteiger partial charge is 0.338 e. The van der Waals surface area contributed by atoms with Gasteiger partial charge in [-0.1, -0.05) is 24.3 Å². The number of fused-ring (bicyclic) bond motifs is 1.